The number of aromatic amines is 1. The Morgan fingerprint density at radius 3 is 2.40 bits per heavy atom. The standard InChI is InChI=1S/C17H11Cl2F2N5O2.2ClH/c18-10-4-12(21)11(20)3-9(10)16(27)24-15-5-13(25-26-15)17(28)23-7-8-1-2-14(19)22-6-8;;/h1-6H,7H2,(H,23,28)(H2,24,25,26,27);2*1H. The van der Waals surface area contributed by atoms with Crippen molar-refractivity contribution < 1.29 is 18.4 Å². The number of H-pyrrole nitrogens is 1. The molecular formula is C17H13Cl4F2N5O2. The third kappa shape index (κ3) is 6.27. The molecule has 0 bridgehead atoms. The van der Waals surface area contributed by atoms with E-state index in [4.69, 9.17) is 23.2 Å². The van der Waals surface area contributed by atoms with Crippen LogP contribution in [-0.2, 0) is 6.54 Å². The lowest BCUT2D eigenvalue weighted by Gasteiger charge is -2.05. The fourth-order valence-corrected chi connectivity index (χ4v) is 2.52. The SMILES string of the molecule is Cl.Cl.O=C(NCc1ccc(Cl)nc1)c1cc(NC(=O)c2cc(F)c(F)cc2Cl)n[nH]1. The topological polar surface area (TPSA) is 99.8 Å². The monoisotopic (exact) mass is 497 g/mol. The van der Waals surface area contributed by atoms with Gasteiger partial charge in [-0.05, 0) is 23.8 Å². The van der Waals surface area contributed by atoms with E-state index in [2.05, 4.69) is 25.8 Å². The van der Waals surface area contributed by atoms with Gasteiger partial charge >= 0.3 is 0 Å². The number of carbonyl (C=O) groups is 2. The van der Waals surface area contributed by atoms with E-state index in [0.29, 0.717) is 17.3 Å². The second kappa shape index (κ2) is 11.1. The van der Waals surface area contributed by atoms with Crippen molar-refractivity contribution in [2.45, 2.75) is 6.54 Å². The van der Waals surface area contributed by atoms with Gasteiger partial charge in [-0.1, -0.05) is 29.3 Å². The lowest BCUT2D eigenvalue weighted by Crippen LogP contribution is -2.23. The summed E-state index contributed by atoms with van der Waals surface area (Å²) in [5, 5.41) is 11.3. The normalized spacial score (nSPS) is 9.87. The Kier molecular flexibility index (Phi) is 9.44. The van der Waals surface area contributed by atoms with Crippen molar-refractivity contribution in [1.82, 2.24) is 20.5 Å². The molecule has 0 radical (unpaired) electrons. The van der Waals surface area contributed by atoms with E-state index < -0.39 is 23.4 Å². The highest BCUT2D eigenvalue weighted by atomic mass is 35.5. The Morgan fingerprint density at radius 2 is 1.73 bits per heavy atom. The van der Waals surface area contributed by atoms with Gasteiger partial charge in [-0.3, -0.25) is 14.7 Å². The summed E-state index contributed by atoms with van der Waals surface area (Å²) >= 11 is 11.4. The first-order valence-corrected chi connectivity index (χ1v) is 8.49. The molecule has 0 fully saturated rings. The van der Waals surface area contributed by atoms with Gasteiger partial charge in [0, 0.05) is 18.8 Å². The van der Waals surface area contributed by atoms with Gasteiger partial charge < -0.3 is 10.6 Å². The molecule has 0 aliphatic heterocycles. The van der Waals surface area contributed by atoms with E-state index in [-0.39, 0.29) is 53.5 Å². The van der Waals surface area contributed by atoms with Crippen LogP contribution in [0.15, 0.2) is 36.5 Å². The maximum atomic E-state index is 13.3. The Labute approximate surface area is 191 Å². The number of rotatable bonds is 5. The van der Waals surface area contributed by atoms with E-state index in [1.807, 2.05) is 0 Å². The molecule has 0 atom stereocenters. The molecule has 160 valence electrons. The summed E-state index contributed by atoms with van der Waals surface area (Å²) in [5.74, 6) is -3.67. The van der Waals surface area contributed by atoms with Crippen LogP contribution in [0.5, 0.6) is 0 Å². The molecule has 3 N–H and O–H groups in total. The van der Waals surface area contributed by atoms with Gasteiger partial charge in [0.15, 0.2) is 17.5 Å². The van der Waals surface area contributed by atoms with Gasteiger partial charge in [-0.2, -0.15) is 5.10 Å². The third-order valence-electron chi connectivity index (χ3n) is 3.56. The summed E-state index contributed by atoms with van der Waals surface area (Å²) in [6, 6.07) is 5.95. The third-order valence-corrected chi connectivity index (χ3v) is 4.10. The Bertz CT molecular complexity index is 1050. The van der Waals surface area contributed by atoms with Crippen molar-refractivity contribution >= 4 is 65.6 Å². The Balaban J connectivity index is 0.00000225. The quantitative estimate of drug-likeness (QED) is 0.358. The minimum atomic E-state index is -1.21. The largest absolute Gasteiger partial charge is 0.347 e. The van der Waals surface area contributed by atoms with Crippen molar-refractivity contribution in [3.63, 3.8) is 0 Å². The fraction of sp³-hybridized carbons (Fsp3) is 0.0588. The molecule has 2 heterocycles. The van der Waals surface area contributed by atoms with Gasteiger partial charge in [0.05, 0.1) is 10.6 Å². The molecule has 2 aromatic heterocycles. The van der Waals surface area contributed by atoms with E-state index in [0.717, 1.165) is 5.56 Å². The number of carbonyl (C=O) groups excluding carboxylic acids is 2. The molecule has 7 nitrogen and oxygen atoms in total. The smallest absolute Gasteiger partial charge is 0.269 e. The van der Waals surface area contributed by atoms with E-state index in [1.165, 1.54) is 12.3 Å². The molecular weight excluding hydrogens is 486 g/mol. The molecule has 0 spiro atoms. The highest BCUT2D eigenvalue weighted by Gasteiger charge is 2.17. The van der Waals surface area contributed by atoms with E-state index in [9.17, 15) is 18.4 Å². The second-order valence-corrected chi connectivity index (χ2v) is 6.33. The predicted molar refractivity (Wildman–Crippen MR) is 113 cm³/mol. The van der Waals surface area contributed by atoms with Gasteiger partial charge in [0.1, 0.15) is 10.8 Å². The van der Waals surface area contributed by atoms with Gasteiger partial charge in [0.2, 0.25) is 0 Å². The molecule has 0 unspecified atom stereocenters. The number of amides is 2. The lowest BCUT2D eigenvalue weighted by atomic mass is 10.2. The number of pyridine rings is 1. The summed E-state index contributed by atoms with van der Waals surface area (Å²) in [7, 11) is 0. The van der Waals surface area contributed by atoms with Crippen LogP contribution in [0, 0.1) is 11.6 Å². The summed E-state index contributed by atoms with van der Waals surface area (Å²) in [5.41, 5.74) is 0.539. The van der Waals surface area contributed by atoms with Gasteiger partial charge in [-0.15, -0.1) is 24.8 Å². The zero-order valence-electron chi connectivity index (χ0n) is 14.7. The first-order valence-electron chi connectivity index (χ1n) is 7.73. The summed E-state index contributed by atoms with van der Waals surface area (Å²) in [6.07, 6.45) is 1.52. The first kappa shape index (κ1) is 25.6. The zero-order chi connectivity index (χ0) is 20.3. The summed E-state index contributed by atoms with van der Waals surface area (Å²) < 4.78 is 26.4. The Hall–Kier alpha value is -2.46. The van der Waals surface area contributed by atoms with Crippen LogP contribution in [0.25, 0.3) is 0 Å². The average Bonchev–Trinajstić information content (AvgIpc) is 3.12. The predicted octanol–water partition coefficient (Wildman–Crippen LogP) is 4.42. The van der Waals surface area contributed by atoms with Crippen molar-refractivity contribution in [3.8, 4) is 0 Å². The van der Waals surface area contributed by atoms with Crippen LogP contribution in [0.4, 0.5) is 14.6 Å². The molecule has 0 saturated heterocycles. The van der Waals surface area contributed by atoms with E-state index in [1.54, 1.807) is 12.1 Å². The minimum absolute atomic E-state index is 0. The molecule has 1 aromatic carbocycles. The number of nitrogens with zero attached hydrogens (tertiary/aromatic N) is 2. The summed E-state index contributed by atoms with van der Waals surface area (Å²) in [6.45, 7) is 0.203. The lowest BCUT2D eigenvalue weighted by molar-refractivity contribution is 0.0945. The van der Waals surface area contributed by atoms with Crippen LogP contribution in [-0.4, -0.2) is 27.0 Å². The van der Waals surface area contributed by atoms with E-state index >= 15 is 0 Å². The molecule has 0 saturated carbocycles. The molecule has 3 aromatic rings. The molecule has 0 aliphatic carbocycles. The Morgan fingerprint density at radius 1 is 1.03 bits per heavy atom. The van der Waals surface area contributed by atoms with Gasteiger partial charge in [0.25, 0.3) is 11.8 Å². The number of benzene rings is 1. The van der Waals surface area contributed by atoms with Crippen molar-refractivity contribution in [2.75, 3.05) is 5.32 Å². The molecule has 13 heteroatoms. The maximum absolute atomic E-state index is 13.3. The highest BCUT2D eigenvalue weighted by molar-refractivity contribution is 6.34. The summed E-state index contributed by atoms with van der Waals surface area (Å²) in [4.78, 5) is 28.2. The number of halogens is 6. The number of hydrogen-bond donors (Lipinski definition) is 3. The first-order chi connectivity index (χ1) is 13.3. The zero-order valence-corrected chi connectivity index (χ0v) is 17.9. The van der Waals surface area contributed by atoms with Crippen molar-refractivity contribution in [3.05, 3.63) is 75.2 Å². The van der Waals surface area contributed by atoms with Crippen molar-refractivity contribution in [1.29, 1.82) is 0 Å². The van der Waals surface area contributed by atoms with Crippen LogP contribution in [0.2, 0.25) is 10.2 Å². The average molecular weight is 499 g/mol. The van der Waals surface area contributed by atoms with Crippen LogP contribution in [0.1, 0.15) is 26.4 Å². The molecule has 3 rings (SSSR count). The second-order valence-electron chi connectivity index (χ2n) is 5.54. The van der Waals surface area contributed by atoms with Crippen LogP contribution in [0.3, 0.4) is 0 Å². The number of anilines is 1. The molecule has 0 aliphatic rings. The molecule has 30 heavy (non-hydrogen) atoms. The number of nitrogens with one attached hydrogen (secondary N) is 3. The fourth-order valence-electron chi connectivity index (χ4n) is 2.17. The maximum Gasteiger partial charge on any atom is 0.269 e. The molecule has 2 amide bonds. The number of hydrogen-bond acceptors (Lipinski definition) is 4. The van der Waals surface area contributed by atoms with Crippen molar-refractivity contribution in [2.24, 2.45) is 0 Å². The number of aromatic nitrogens is 3. The van der Waals surface area contributed by atoms with Gasteiger partial charge in [-0.25, -0.2) is 13.8 Å². The van der Waals surface area contributed by atoms with Crippen LogP contribution >= 0.6 is 48.0 Å². The highest BCUT2D eigenvalue weighted by Crippen LogP contribution is 2.21. The minimum Gasteiger partial charge on any atom is -0.347 e. The van der Waals surface area contributed by atoms with Crippen LogP contribution < -0.4 is 10.6 Å².